The summed E-state index contributed by atoms with van der Waals surface area (Å²) in [4.78, 5) is 7.21. The summed E-state index contributed by atoms with van der Waals surface area (Å²) in [5.74, 6) is 0. The number of nitrogens with zero attached hydrogens (tertiary/aromatic N) is 3. The summed E-state index contributed by atoms with van der Waals surface area (Å²) in [6, 6.07) is 81.0. The maximum atomic E-state index is 2.37. The first-order chi connectivity index (χ1) is 28.8. The molecule has 9 aromatic carbocycles. The largest absolute Gasteiger partial charge is 0.311 e. The van der Waals surface area contributed by atoms with E-state index in [1.165, 1.54) is 70.9 Å². The van der Waals surface area contributed by atoms with Crippen molar-refractivity contribution in [2.75, 3.05) is 9.80 Å². The maximum Gasteiger partial charge on any atom is 0.0602 e. The highest BCUT2D eigenvalue weighted by molar-refractivity contribution is 7.99. The second-order valence-corrected chi connectivity index (χ2v) is 15.7. The van der Waals surface area contributed by atoms with Crippen molar-refractivity contribution >= 4 is 67.7 Å². The number of para-hydroxylation sites is 5. The highest BCUT2D eigenvalue weighted by Gasteiger charge is 2.25. The van der Waals surface area contributed by atoms with E-state index in [2.05, 4.69) is 239 Å². The molecule has 274 valence electrons. The standard InChI is InChI=1S/C54H37N3S/c1-4-14-42(15-5-1)55(45-30-24-38(25-31-45)40-28-34-50-48(36-40)47-20-10-11-21-49(47)56(50)43-16-6-2-7-17-43)46-32-26-39(27-33-46)41-29-35-52-54(37-41)58-53-23-13-12-22-51(53)57(52)44-18-8-3-9-19-44/h1-37H. The summed E-state index contributed by atoms with van der Waals surface area (Å²) < 4.78 is 2.36. The number of hydrogen-bond donors (Lipinski definition) is 0. The van der Waals surface area contributed by atoms with Crippen molar-refractivity contribution in [3.8, 4) is 27.9 Å². The zero-order valence-corrected chi connectivity index (χ0v) is 32.4. The van der Waals surface area contributed by atoms with Crippen LogP contribution < -0.4 is 9.80 Å². The van der Waals surface area contributed by atoms with E-state index in [0.29, 0.717) is 0 Å². The third-order valence-corrected chi connectivity index (χ3v) is 12.3. The average Bonchev–Trinajstić information content (AvgIpc) is 3.63. The molecule has 0 radical (unpaired) electrons. The second-order valence-electron chi connectivity index (χ2n) is 14.6. The highest BCUT2D eigenvalue weighted by Crippen LogP contribution is 2.52. The van der Waals surface area contributed by atoms with Crippen molar-refractivity contribution in [1.82, 2.24) is 4.57 Å². The first-order valence-electron chi connectivity index (χ1n) is 19.7. The van der Waals surface area contributed by atoms with E-state index in [-0.39, 0.29) is 0 Å². The van der Waals surface area contributed by atoms with Gasteiger partial charge in [-0.05, 0) is 125 Å². The summed E-state index contributed by atoms with van der Waals surface area (Å²) in [6.07, 6.45) is 0. The summed E-state index contributed by atoms with van der Waals surface area (Å²) in [6.45, 7) is 0. The van der Waals surface area contributed by atoms with Crippen LogP contribution in [-0.4, -0.2) is 4.57 Å². The van der Waals surface area contributed by atoms with E-state index in [1.807, 2.05) is 11.8 Å². The second kappa shape index (κ2) is 14.3. The quantitative estimate of drug-likeness (QED) is 0.160. The Bertz CT molecular complexity index is 3070. The van der Waals surface area contributed by atoms with E-state index in [9.17, 15) is 0 Å². The van der Waals surface area contributed by atoms with E-state index in [0.717, 1.165) is 22.7 Å². The van der Waals surface area contributed by atoms with Gasteiger partial charge in [0.25, 0.3) is 0 Å². The molecule has 0 aliphatic carbocycles. The average molecular weight is 760 g/mol. The van der Waals surface area contributed by atoms with E-state index < -0.39 is 0 Å². The molecule has 10 aromatic rings. The van der Waals surface area contributed by atoms with Gasteiger partial charge >= 0.3 is 0 Å². The van der Waals surface area contributed by atoms with E-state index in [1.54, 1.807) is 0 Å². The first-order valence-corrected chi connectivity index (χ1v) is 20.5. The lowest BCUT2D eigenvalue weighted by Gasteiger charge is -2.33. The van der Waals surface area contributed by atoms with Crippen molar-refractivity contribution in [1.29, 1.82) is 0 Å². The number of anilines is 6. The van der Waals surface area contributed by atoms with Gasteiger partial charge in [-0.1, -0.05) is 133 Å². The number of rotatable bonds is 7. The summed E-state index contributed by atoms with van der Waals surface area (Å²) in [5, 5.41) is 2.51. The first kappa shape index (κ1) is 34.0. The molecule has 3 nitrogen and oxygen atoms in total. The molecule has 0 atom stereocenters. The molecule has 0 saturated carbocycles. The Labute approximate surface area is 342 Å². The van der Waals surface area contributed by atoms with Gasteiger partial charge in [-0.25, -0.2) is 0 Å². The molecule has 11 rings (SSSR count). The van der Waals surface area contributed by atoms with Crippen molar-refractivity contribution in [2.45, 2.75) is 9.79 Å². The molecule has 0 spiro atoms. The minimum Gasteiger partial charge on any atom is -0.311 e. The number of aromatic nitrogens is 1. The van der Waals surface area contributed by atoms with Gasteiger partial charge in [-0.3, -0.25) is 0 Å². The molecule has 4 heteroatoms. The minimum atomic E-state index is 1.11. The van der Waals surface area contributed by atoms with Gasteiger partial charge < -0.3 is 14.4 Å². The lowest BCUT2D eigenvalue weighted by atomic mass is 10.0. The molecule has 1 aliphatic rings. The molecule has 0 unspecified atom stereocenters. The Balaban J connectivity index is 0.921. The van der Waals surface area contributed by atoms with Gasteiger partial charge in [0.1, 0.15) is 0 Å². The molecule has 2 heterocycles. The van der Waals surface area contributed by atoms with Crippen molar-refractivity contribution in [3.05, 3.63) is 224 Å². The molecule has 0 fully saturated rings. The van der Waals surface area contributed by atoms with Crippen LogP contribution in [-0.2, 0) is 0 Å². The number of fused-ring (bicyclic) bond motifs is 5. The molecule has 0 N–H and O–H groups in total. The highest BCUT2D eigenvalue weighted by atomic mass is 32.2. The van der Waals surface area contributed by atoms with Crippen LogP contribution in [0.25, 0.3) is 49.7 Å². The van der Waals surface area contributed by atoms with Crippen LogP contribution in [0.4, 0.5) is 34.1 Å². The number of hydrogen-bond acceptors (Lipinski definition) is 3. The van der Waals surface area contributed by atoms with Gasteiger partial charge in [0.2, 0.25) is 0 Å². The Hall–Kier alpha value is -7.27. The zero-order chi connectivity index (χ0) is 38.4. The molecule has 0 amide bonds. The third-order valence-electron chi connectivity index (χ3n) is 11.2. The fourth-order valence-corrected chi connectivity index (χ4v) is 9.53. The summed E-state index contributed by atoms with van der Waals surface area (Å²) >= 11 is 1.84. The summed E-state index contributed by atoms with van der Waals surface area (Å²) in [7, 11) is 0. The molecule has 0 saturated heterocycles. The van der Waals surface area contributed by atoms with Crippen LogP contribution >= 0.6 is 11.8 Å². The van der Waals surface area contributed by atoms with Gasteiger partial charge in [0.05, 0.1) is 22.4 Å². The van der Waals surface area contributed by atoms with Gasteiger partial charge in [0, 0.05) is 49.0 Å². The zero-order valence-electron chi connectivity index (χ0n) is 31.6. The molecule has 1 aliphatic heterocycles. The fraction of sp³-hybridized carbons (Fsp3) is 0. The van der Waals surface area contributed by atoms with Crippen molar-refractivity contribution in [3.63, 3.8) is 0 Å². The normalized spacial score (nSPS) is 12.0. The topological polar surface area (TPSA) is 11.4 Å². The number of benzene rings is 9. The monoisotopic (exact) mass is 759 g/mol. The summed E-state index contributed by atoms with van der Waals surface area (Å²) in [5.41, 5.74) is 15.3. The Morgan fingerprint density at radius 1 is 0.328 bits per heavy atom. The van der Waals surface area contributed by atoms with Crippen LogP contribution in [0.3, 0.4) is 0 Å². The van der Waals surface area contributed by atoms with Crippen molar-refractivity contribution < 1.29 is 0 Å². The molecular formula is C54H37N3S. The lowest BCUT2D eigenvalue weighted by molar-refractivity contribution is 1.17. The molecule has 0 bridgehead atoms. The Morgan fingerprint density at radius 3 is 1.53 bits per heavy atom. The van der Waals surface area contributed by atoms with Crippen LogP contribution in [0.2, 0.25) is 0 Å². The molecule has 58 heavy (non-hydrogen) atoms. The third kappa shape index (κ3) is 5.94. The van der Waals surface area contributed by atoms with E-state index >= 15 is 0 Å². The predicted octanol–water partition coefficient (Wildman–Crippen LogP) is 15.5. The Kier molecular flexibility index (Phi) is 8.41. The van der Waals surface area contributed by atoms with Crippen molar-refractivity contribution in [2.24, 2.45) is 0 Å². The van der Waals surface area contributed by atoms with Gasteiger partial charge in [-0.15, -0.1) is 0 Å². The van der Waals surface area contributed by atoms with Crippen LogP contribution in [0.15, 0.2) is 234 Å². The predicted molar refractivity (Wildman–Crippen MR) is 245 cm³/mol. The smallest absolute Gasteiger partial charge is 0.0602 e. The van der Waals surface area contributed by atoms with Crippen LogP contribution in [0.5, 0.6) is 0 Å². The van der Waals surface area contributed by atoms with Gasteiger partial charge in [-0.2, -0.15) is 0 Å². The van der Waals surface area contributed by atoms with Gasteiger partial charge in [0.15, 0.2) is 0 Å². The SMILES string of the molecule is c1ccc(N(c2ccc(-c3ccc4c(c3)Sc3ccccc3N4c3ccccc3)cc2)c2ccc(-c3ccc4c(c3)c3ccccc3n4-c3ccccc3)cc2)cc1. The van der Waals surface area contributed by atoms with E-state index in [4.69, 9.17) is 0 Å². The minimum absolute atomic E-state index is 1.11. The van der Waals surface area contributed by atoms with Crippen LogP contribution in [0, 0.1) is 0 Å². The molecular weight excluding hydrogens is 723 g/mol. The lowest BCUT2D eigenvalue weighted by Crippen LogP contribution is -2.14. The maximum absolute atomic E-state index is 2.37. The fourth-order valence-electron chi connectivity index (χ4n) is 8.43. The molecule has 1 aromatic heterocycles. The Morgan fingerprint density at radius 2 is 0.828 bits per heavy atom. The van der Waals surface area contributed by atoms with Crippen LogP contribution in [0.1, 0.15) is 0 Å².